The van der Waals surface area contributed by atoms with E-state index in [-0.39, 0.29) is 12.0 Å². The van der Waals surface area contributed by atoms with Gasteiger partial charge in [-0.1, -0.05) is 12.2 Å². The van der Waals surface area contributed by atoms with Crippen LogP contribution in [-0.2, 0) is 16.1 Å². The van der Waals surface area contributed by atoms with Crippen molar-refractivity contribution in [3.63, 3.8) is 0 Å². The van der Waals surface area contributed by atoms with Crippen molar-refractivity contribution in [3.05, 3.63) is 36.3 Å². The van der Waals surface area contributed by atoms with E-state index in [0.717, 1.165) is 57.8 Å². The molecule has 3 atom stereocenters. The lowest BCUT2D eigenvalue weighted by Gasteiger charge is -2.37. The molecule has 0 spiro atoms. The Balaban J connectivity index is 1.29. The van der Waals surface area contributed by atoms with E-state index in [1.165, 1.54) is 0 Å². The van der Waals surface area contributed by atoms with Crippen LogP contribution in [-0.4, -0.2) is 55.1 Å². The van der Waals surface area contributed by atoms with Gasteiger partial charge in [-0.15, -0.1) is 0 Å². The Hall–Kier alpha value is -1.59. The van der Waals surface area contributed by atoms with Crippen molar-refractivity contribution in [1.29, 1.82) is 0 Å². The van der Waals surface area contributed by atoms with Gasteiger partial charge in [0.15, 0.2) is 0 Å². The lowest BCUT2D eigenvalue weighted by molar-refractivity contribution is -0.137. The molecular formula is C20H28N2O3. The van der Waals surface area contributed by atoms with Crippen LogP contribution in [0.4, 0.5) is 0 Å². The van der Waals surface area contributed by atoms with Crippen molar-refractivity contribution >= 4 is 5.91 Å². The van der Waals surface area contributed by atoms with Gasteiger partial charge in [0, 0.05) is 31.5 Å². The third-order valence-electron chi connectivity index (χ3n) is 5.96. The summed E-state index contributed by atoms with van der Waals surface area (Å²) in [6, 6.07) is 3.94. The molecule has 4 rings (SSSR count). The fraction of sp³-hybridized carbons (Fsp3) is 0.650. The normalized spacial score (nSPS) is 29.5. The topological polar surface area (TPSA) is 45.9 Å². The van der Waals surface area contributed by atoms with Crippen molar-refractivity contribution in [3.8, 4) is 0 Å². The van der Waals surface area contributed by atoms with Gasteiger partial charge in [0.2, 0.25) is 5.91 Å². The second-order valence-corrected chi connectivity index (χ2v) is 7.78. The summed E-state index contributed by atoms with van der Waals surface area (Å²) in [5.74, 6) is 2.59. The summed E-state index contributed by atoms with van der Waals surface area (Å²) in [5, 5.41) is 0. The number of ether oxygens (including phenoxy) is 1. The minimum absolute atomic E-state index is 0.189. The van der Waals surface area contributed by atoms with Gasteiger partial charge in [0.1, 0.15) is 5.76 Å². The molecule has 1 amide bonds. The van der Waals surface area contributed by atoms with Gasteiger partial charge in [-0.05, 0) is 44.4 Å². The average molecular weight is 344 g/mol. The molecule has 1 aromatic heterocycles. The van der Waals surface area contributed by atoms with Crippen LogP contribution in [0.15, 0.2) is 35.0 Å². The fourth-order valence-corrected chi connectivity index (χ4v) is 4.59. The molecule has 2 saturated heterocycles. The molecule has 2 aliphatic heterocycles. The molecule has 2 fully saturated rings. The smallest absolute Gasteiger partial charge is 0.226 e. The first-order valence-corrected chi connectivity index (χ1v) is 9.47. The number of rotatable bonds is 5. The number of nitrogens with zero attached hydrogens (tertiary/aromatic N) is 2. The summed E-state index contributed by atoms with van der Waals surface area (Å²) in [4.78, 5) is 17.0. The summed E-state index contributed by atoms with van der Waals surface area (Å²) in [6.07, 6.45) is 9.17. The van der Waals surface area contributed by atoms with E-state index in [2.05, 4.69) is 29.0 Å². The highest BCUT2D eigenvalue weighted by atomic mass is 16.5. The average Bonchev–Trinajstić information content (AvgIpc) is 3.36. The third kappa shape index (κ3) is 3.67. The van der Waals surface area contributed by atoms with Crippen LogP contribution in [0, 0.1) is 17.8 Å². The number of hydrogen-bond donors (Lipinski definition) is 0. The Labute approximate surface area is 149 Å². The van der Waals surface area contributed by atoms with Gasteiger partial charge < -0.3 is 14.1 Å². The maximum atomic E-state index is 12.7. The molecule has 0 unspecified atom stereocenters. The first-order chi connectivity index (χ1) is 12.2. The first-order valence-electron chi connectivity index (χ1n) is 9.47. The Morgan fingerprint density at radius 1 is 1.36 bits per heavy atom. The molecule has 5 heteroatoms. The largest absolute Gasteiger partial charge is 0.468 e. The molecule has 3 heterocycles. The predicted molar refractivity (Wildman–Crippen MR) is 94.8 cm³/mol. The fourth-order valence-electron chi connectivity index (χ4n) is 4.59. The summed E-state index contributed by atoms with van der Waals surface area (Å²) < 4.78 is 11.6. The molecule has 0 radical (unpaired) electrons. The summed E-state index contributed by atoms with van der Waals surface area (Å²) >= 11 is 0. The number of furan rings is 1. The minimum atomic E-state index is 0.189. The second-order valence-electron chi connectivity index (χ2n) is 7.78. The molecule has 136 valence electrons. The number of likely N-dealkylation sites (tertiary alicyclic amines) is 1. The third-order valence-corrected chi connectivity index (χ3v) is 5.96. The first kappa shape index (κ1) is 16.9. The van der Waals surface area contributed by atoms with Crippen molar-refractivity contribution in [2.24, 2.45) is 17.8 Å². The maximum absolute atomic E-state index is 12.7. The highest BCUT2D eigenvalue weighted by Crippen LogP contribution is 2.36. The van der Waals surface area contributed by atoms with Crippen molar-refractivity contribution in [2.75, 3.05) is 33.3 Å². The van der Waals surface area contributed by atoms with Gasteiger partial charge >= 0.3 is 0 Å². The Morgan fingerprint density at radius 3 is 2.96 bits per heavy atom. The molecule has 0 aromatic carbocycles. The number of likely N-dealkylation sites (N-methyl/N-ethyl adjacent to an activating group) is 1. The van der Waals surface area contributed by atoms with Gasteiger partial charge in [-0.2, -0.15) is 0 Å². The molecule has 1 aliphatic carbocycles. The number of hydrogen-bond acceptors (Lipinski definition) is 4. The molecular weight excluding hydrogens is 316 g/mol. The number of amides is 1. The van der Waals surface area contributed by atoms with Gasteiger partial charge in [-0.25, -0.2) is 0 Å². The summed E-state index contributed by atoms with van der Waals surface area (Å²) in [5.41, 5.74) is 0. The van der Waals surface area contributed by atoms with Crippen LogP contribution in [0.5, 0.6) is 0 Å². The van der Waals surface area contributed by atoms with Crippen molar-refractivity contribution in [1.82, 2.24) is 9.80 Å². The van der Waals surface area contributed by atoms with Crippen LogP contribution >= 0.6 is 0 Å². The van der Waals surface area contributed by atoms with E-state index in [0.29, 0.717) is 17.7 Å². The van der Waals surface area contributed by atoms with E-state index in [1.54, 1.807) is 6.26 Å². The standard InChI is InChI=1S/C20H28N2O3/c1-21(12-17-7-4-10-24-17)13-19-18-8-9-22(11-16(18)14-25-19)20(23)15-5-2-3-6-15/h2-4,7,10,15-16,18-19H,5-6,8-9,11-14H2,1H3/t16-,18-,19+/m1/s1. The molecule has 5 nitrogen and oxygen atoms in total. The maximum Gasteiger partial charge on any atom is 0.226 e. The number of allylic oxidation sites excluding steroid dienone is 2. The van der Waals surface area contributed by atoms with Crippen molar-refractivity contribution < 1.29 is 13.9 Å². The predicted octanol–water partition coefficient (Wildman–Crippen LogP) is 2.54. The zero-order valence-electron chi connectivity index (χ0n) is 15.0. The van der Waals surface area contributed by atoms with Crippen LogP contribution in [0.2, 0.25) is 0 Å². The van der Waals surface area contributed by atoms with E-state index < -0.39 is 0 Å². The quantitative estimate of drug-likeness (QED) is 0.770. The Bertz CT molecular complexity index is 604. The lowest BCUT2D eigenvalue weighted by atomic mass is 9.83. The zero-order chi connectivity index (χ0) is 17.2. The van der Waals surface area contributed by atoms with Crippen LogP contribution < -0.4 is 0 Å². The van der Waals surface area contributed by atoms with Crippen LogP contribution in [0.25, 0.3) is 0 Å². The van der Waals surface area contributed by atoms with Crippen LogP contribution in [0.1, 0.15) is 25.0 Å². The molecule has 3 aliphatic rings. The molecule has 25 heavy (non-hydrogen) atoms. The van der Waals surface area contributed by atoms with Crippen LogP contribution in [0.3, 0.4) is 0 Å². The molecule has 1 aromatic rings. The van der Waals surface area contributed by atoms with E-state index in [4.69, 9.17) is 9.15 Å². The Kier molecular flexibility index (Phi) is 4.95. The van der Waals surface area contributed by atoms with E-state index in [1.807, 2.05) is 12.1 Å². The van der Waals surface area contributed by atoms with Crippen molar-refractivity contribution in [2.45, 2.75) is 31.9 Å². The number of fused-ring (bicyclic) bond motifs is 1. The highest BCUT2D eigenvalue weighted by molar-refractivity contribution is 5.79. The minimum Gasteiger partial charge on any atom is -0.468 e. The molecule has 0 N–H and O–H groups in total. The number of carbonyl (C=O) groups is 1. The molecule has 0 bridgehead atoms. The number of carbonyl (C=O) groups excluding carboxylic acids is 1. The lowest BCUT2D eigenvalue weighted by Crippen LogP contribution is -2.47. The van der Waals surface area contributed by atoms with Gasteiger partial charge in [0.25, 0.3) is 0 Å². The highest BCUT2D eigenvalue weighted by Gasteiger charge is 2.42. The monoisotopic (exact) mass is 344 g/mol. The summed E-state index contributed by atoms with van der Waals surface area (Å²) in [6.45, 7) is 4.28. The van der Waals surface area contributed by atoms with Gasteiger partial charge in [0.05, 0.1) is 25.5 Å². The summed E-state index contributed by atoms with van der Waals surface area (Å²) in [7, 11) is 2.12. The SMILES string of the molecule is CN(Cc1ccco1)C[C@@H]1OC[C@H]2CN(C(=O)C3CC=CC3)CC[C@H]21. The Morgan fingerprint density at radius 2 is 2.20 bits per heavy atom. The van der Waals surface area contributed by atoms with E-state index >= 15 is 0 Å². The number of piperidine rings is 1. The van der Waals surface area contributed by atoms with E-state index in [9.17, 15) is 4.79 Å². The second kappa shape index (κ2) is 7.34. The van der Waals surface area contributed by atoms with Gasteiger partial charge in [-0.3, -0.25) is 9.69 Å². The molecule has 0 saturated carbocycles. The zero-order valence-corrected chi connectivity index (χ0v) is 15.0.